The molecule has 1 aliphatic heterocycles. The van der Waals surface area contributed by atoms with Gasteiger partial charge in [0.05, 0.1) is 10.6 Å². The van der Waals surface area contributed by atoms with E-state index in [1.54, 1.807) is 30.3 Å². The van der Waals surface area contributed by atoms with Crippen LogP contribution in [0.2, 0.25) is 0 Å². The lowest BCUT2D eigenvalue weighted by atomic mass is 10.1. The second kappa shape index (κ2) is 10.1. The number of ether oxygens (including phenoxy) is 1. The number of aryl methyl sites for hydroxylation is 2. The molecule has 4 rings (SSSR count). The summed E-state index contributed by atoms with van der Waals surface area (Å²) in [5, 5.41) is 0. The van der Waals surface area contributed by atoms with E-state index in [4.69, 9.17) is 4.74 Å². The van der Waals surface area contributed by atoms with E-state index < -0.39 is 16.0 Å². The number of hydrogen-bond acceptors (Lipinski definition) is 6. The lowest BCUT2D eigenvalue weighted by Gasteiger charge is -2.33. The predicted octanol–water partition coefficient (Wildman–Crippen LogP) is 2.34. The number of piperazine rings is 1. The summed E-state index contributed by atoms with van der Waals surface area (Å²) in [4.78, 5) is 27.3. The molecule has 0 unspecified atom stereocenters. The number of hydrogen-bond donors (Lipinski definition) is 0. The van der Waals surface area contributed by atoms with E-state index in [1.165, 1.54) is 38.5 Å². The van der Waals surface area contributed by atoms with Crippen LogP contribution in [0, 0.1) is 0 Å². The highest BCUT2D eigenvalue weighted by molar-refractivity contribution is 8.00. The molecule has 0 bridgehead atoms. The van der Waals surface area contributed by atoms with Crippen molar-refractivity contribution in [3.63, 3.8) is 0 Å². The lowest BCUT2D eigenvalue weighted by molar-refractivity contribution is -0.150. The van der Waals surface area contributed by atoms with Crippen molar-refractivity contribution in [3.05, 3.63) is 59.7 Å². The number of benzene rings is 2. The molecule has 0 saturated carbocycles. The van der Waals surface area contributed by atoms with Gasteiger partial charge in [-0.3, -0.25) is 9.59 Å². The van der Waals surface area contributed by atoms with Gasteiger partial charge in [-0.15, -0.1) is 11.8 Å². The van der Waals surface area contributed by atoms with Crippen LogP contribution in [0.4, 0.5) is 0 Å². The van der Waals surface area contributed by atoms with E-state index in [-0.39, 0.29) is 49.3 Å². The number of carbonyl (C=O) groups excluding carboxylic acids is 2. The first-order valence-electron chi connectivity index (χ1n) is 10.7. The highest BCUT2D eigenvalue weighted by Gasteiger charge is 2.30. The zero-order chi connectivity index (χ0) is 22.6. The number of thioether (sulfide) groups is 1. The molecule has 1 heterocycles. The summed E-state index contributed by atoms with van der Waals surface area (Å²) in [5.74, 6) is -0.596. The molecule has 9 heteroatoms. The Labute approximate surface area is 192 Å². The van der Waals surface area contributed by atoms with Crippen LogP contribution in [0.1, 0.15) is 17.5 Å². The minimum Gasteiger partial charge on any atom is -0.455 e. The van der Waals surface area contributed by atoms with Crippen molar-refractivity contribution >= 4 is 33.7 Å². The zero-order valence-corrected chi connectivity index (χ0v) is 19.4. The normalized spacial score (nSPS) is 16.6. The highest BCUT2D eigenvalue weighted by Crippen LogP contribution is 2.27. The van der Waals surface area contributed by atoms with Crippen LogP contribution >= 0.6 is 11.8 Å². The second-order valence-electron chi connectivity index (χ2n) is 7.83. The van der Waals surface area contributed by atoms with E-state index >= 15 is 0 Å². The molecule has 0 spiro atoms. The largest absolute Gasteiger partial charge is 0.455 e. The van der Waals surface area contributed by atoms with Crippen LogP contribution in [0.15, 0.2) is 58.3 Å². The van der Waals surface area contributed by atoms with Crippen LogP contribution in [0.25, 0.3) is 0 Å². The monoisotopic (exact) mass is 474 g/mol. The maximum absolute atomic E-state index is 12.7. The Morgan fingerprint density at radius 1 is 0.938 bits per heavy atom. The molecule has 1 aliphatic carbocycles. The first-order chi connectivity index (χ1) is 15.4. The lowest BCUT2D eigenvalue weighted by Crippen LogP contribution is -2.51. The Morgan fingerprint density at radius 2 is 1.66 bits per heavy atom. The van der Waals surface area contributed by atoms with Gasteiger partial charge in [-0.05, 0) is 54.7 Å². The predicted molar refractivity (Wildman–Crippen MR) is 122 cm³/mol. The third-order valence-electron chi connectivity index (χ3n) is 5.76. The zero-order valence-electron chi connectivity index (χ0n) is 17.7. The SMILES string of the molecule is O=C(CSc1ccc2c(c1)CCC2)OCC(=O)N1CCN(S(=O)(=O)c2ccccc2)CC1. The first-order valence-corrected chi connectivity index (χ1v) is 13.1. The number of nitrogens with zero attached hydrogens (tertiary/aromatic N) is 2. The third-order valence-corrected chi connectivity index (χ3v) is 8.64. The number of rotatable bonds is 7. The van der Waals surface area contributed by atoms with Gasteiger partial charge in [-0.2, -0.15) is 4.31 Å². The topological polar surface area (TPSA) is 84.0 Å². The van der Waals surface area contributed by atoms with E-state index in [0.29, 0.717) is 0 Å². The molecule has 2 aromatic carbocycles. The average molecular weight is 475 g/mol. The fourth-order valence-corrected chi connectivity index (χ4v) is 6.18. The van der Waals surface area contributed by atoms with Gasteiger partial charge >= 0.3 is 5.97 Å². The smallest absolute Gasteiger partial charge is 0.316 e. The van der Waals surface area contributed by atoms with Crippen LogP contribution in [-0.4, -0.2) is 68.0 Å². The van der Waals surface area contributed by atoms with Crippen molar-refractivity contribution < 1.29 is 22.7 Å². The minimum absolute atomic E-state index is 0.148. The number of carbonyl (C=O) groups is 2. The fraction of sp³-hybridized carbons (Fsp3) is 0.391. The van der Waals surface area contributed by atoms with Crippen LogP contribution in [-0.2, 0) is 37.2 Å². The maximum atomic E-state index is 12.7. The Hall–Kier alpha value is -2.36. The van der Waals surface area contributed by atoms with Gasteiger partial charge in [0.15, 0.2) is 6.61 Å². The quantitative estimate of drug-likeness (QED) is 0.453. The molecule has 0 aromatic heterocycles. The van der Waals surface area contributed by atoms with Crippen LogP contribution < -0.4 is 0 Å². The number of amides is 1. The summed E-state index contributed by atoms with van der Waals surface area (Å²) in [7, 11) is -3.57. The minimum atomic E-state index is -3.57. The molecule has 1 fully saturated rings. The Bertz CT molecular complexity index is 1080. The van der Waals surface area contributed by atoms with Gasteiger partial charge < -0.3 is 9.64 Å². The molecule has 1 saturated heterocycles. The van der Waals surface area contributed by atoms with Crippen molar-refractivity contribution in [3.8, 4) is 0 Å². The van der Waals surface area contributed by atoms with Crippen molar-refractivity contribution in [1.82, 2.24) is 9.21 Å². The molecule has 1 amide bonds. The average Bonchev–Trinajstić information content (AvgIpc) is 3.30. The molecule has 0 atom stereocenters. The summed E-state index contributed by atoms with van der Waals surface area (Å²) < 4.78 is 31.9. The van der Waals surface area contributed by atoms with Gasteiger partial charge in [0.2, 0.25) is 10.0 Å². The van der Waals surface area contributed by atoms with E-state index in [1.807, 2.05) is 6.07 Å². The van der Waals surface area contributed by atoms with Gasteiger partial charge in [0, 0.05) is 31.1 Å². The second-order valence-corrected chi connectivity index (χ2v) is 10.8. The number of sulfonamides is 1. The van der Waals surface area contributed by atoms with Gasteiger partial charge in [0.25, 0.3) is 5.91 Å². The Kier molecular flexibility index (Phi) is 7.17. The standard InChI is InChI=1S/C23H26N2O5S2/c26-22(16-30-23(27)17-31-20-10-9-18-5-4-6-19(18)15-20)24-11-13-25(14-12-24)32(28,29)21-7-2-1-3-8-21/h1-3,7-10,15H,4-6,11-14,16-17H2. The highest BCUT2D eigenvalue weighted by atomic mass is 32.2. The molecule has 2 aliphatic rings. The van der Waals surface area contributed by atoms with Crippen LogP contribution in [0.3, 0.4) is 0 Å². The van der Waals surface area contributed by atoms with Crippen LogP contribution in [0.5, 0.6) is 0 Å². The van der Waals surface area contributed by atoms with Gasteiger partial charge in [-0.1, -0.05) is 24.3 Å². The summed E-state index contributed by atoms with van der Waals surface area (Å²) in [5.41, 5.74) is 2.74. The van der Waals surface area contributed by atoms with E-state index in [2.05, 4.69) is 12.1 Å². The molecular weight excluding hydrogens is 448 g/mol. The van der Waals surface area contributed by atoms with Gasteiger partial charge in [0.1, 0.15) is 0 Å². The molecule has 0 N–H and O–H groups in total. The fourth-order valence-electron chi connectivity index (χ4n) is 3.97. The molecular formula is C23H26N2O5S2. The third kappa shape index (κ3) is 5.33. The first kappa shape index (κ1) is 22.8. The summed E-state index contributed by atoms with van der Waals surface area (Å²) in [6.45, 7) is 0.643. The number of esters is 1. The summed E-state index contributed by atoms with van der Waals surface area (Å²) in [6, 6.07) is 14.5. The van der Waals surface area contributed by atoms with E-state index in [9.17, 15) is 18.0 Å². The Morgan fingerprint density at radius 3 is 2.41 bits per heavy atom. The molecule has 2 aromatic rings. The van der Waals surface area contributed by atoms with Crippen molar-refractivity contribution in [2.24, 2.45) is 0 Å². The van der Waals surface area contributed by atoms with Crippen molar-refractivity contribution in [2.45, 2.75) is 29.1 Å². The maximum Gasteiger partial charge on any atom is 0.316 e. The van der Waals surface area contributed by atoms with Crippen molar-refractivity contribution in [1.29, 1.82) is 0 Å². The summed E-state index contributed by atoms with van der Waals surface area (Å²) in [6.07, 6.45) is 3.39. The van der Waals surface area contributed by atoms with Crippen molar-refractivity contribution in [2.75, 3.05) is 38.5 Å². The Balaban J connectivity index is 1.20. The van der Waals surface area contributed by atoms with E-state index in [0.717, 1.165) is 17.7 Å². The molecule has 0 radical (unpaired) electrons. The molecule has 170 valence electrons. The number of fused-ring (bicyclic) bond motifs is 1. The molecule has 7 nitrogen and oxygen atoms in total. The van der Waals surface area contributed by atoms with Gasteiger partial charge in [-0.25, -0.2) is 8.42 Å². The molecule has 32 heavy (non-hydrogen) atoms. The summed E-state index contributed by atoms with van der Waals surface area (Å²) >= 11 is 1.41.